The number of rotatable bonds is 4. The SMILES string of the molecule is COC(=O)/C(NC(=O)OC(C)(C)C)=C(/Br)c1cc(Cl)ccc1[N+](=O)[O-]. The van der Waals surface area contributed by atoms with Crippen LogP contribution in [0.2, 0.25) is 5.02 Å². The highest BCUT2D eigenvalue weighted by Crippen LogP contribution is 2.34. The highest BCUT2D eigenvalue weighted by Gasteiger charge is 2.26. The van der Waals surface area contributed by atoms with E-state index in [9.17, 15) is 19.7 Å². The van der Waals surface area contributed by atoms with E-state index in [1.54, 1.807) is 20.8 Å². The van der Waals surface area contributed by atoms with Gasteiger partial charge in [-0.3, -0.25) is 15.4 Å². The third-order valence-electron chi connectivity index (χ3n) is 2.63. The van der Waals surface area contributed by atoms with Crippen LogP contribution in [0.3, 0.4) is 0 Å². The first-order chi connectivity index (χ1) is 11.5. The standard InChI is InChI=1S/C15H16BrClN2O6/c1-15(2,3)25-14(21)18-12(13(20)24-4)11(16)9-7-8(17)5-6-10(9)19(22)23/h5-7H,1-4H3,(H,18,21)/b12-11-. The van der Waals surface area contributed by atoms with E-state index in [1.807, 2.05) is 0 Å². The van der Waals surface area contributed by atoms with Gasteiger partial charge in [-0.05, 0) is 48.8 Å². The summed E-state index contributed by atoms with van der Waals surface area (Å²) < 4.78 is 9.62. The normalized spacial score (nSPS) is 12.1. The number of benzene rings is 1. The second-order valence-corrected chi connectivity index (χ2v) is 6.96. The molecule has 0 radical (unpaired) electrons. The summed E-state index contributed by atoms with van der Waals surface area (Å²) >= 11 is 8.98. The molecule has 0 unspecified atom stereocenters. The van der Waals surface area contributed by atoms with E-state index < -0.39 is 22.6 Å². The molecule has 1 amide bonds. The quantitative estimate of drug-likeness (QED) is 0.331. The van der Waals surface area contributed by atoms with Crippen molar-refractivity contribution in [3.8, 4) is 0 Å². The Morgan fingerprint density at radius 2 is 1.92 bits per heavy atom. The van der Waals surface area contributed by atoms with Crippen molar-refractivity contribution in [1.82, 2.24) is 5.32 Å². The average Bonchev–Trinajstić information content (AvgIpc) is 2.49. The van der Waals surface area contributed by atoms with Crippen LogP contribution in [-0.4, -0.2) is 29.7 Å². The highest BCUT2D eigenvalue weighted by molar-refractivity contribution is 9.15. The van der Waals surface area contributed by atoms with Crippen LogP contribution >= 0.6 is 27.5 Å². The molecule has 0 atom stereocenters. The maximum atomic E-state index is 12.0. The maximum absolute atomic E-state index is 12.0. The smallest absolute Gasteiger partial charge is 0.412 e. The zero-order valence-corrected chi connectivity index (χ0v) is 16.2. The molecule has 1 aromatic rings. The van der Waals surface area contributed by atoms with Gasteiger partial charge >= 0.3 is 12.1 Å². The van der Waals surface area contributed by atoms with Gasteiger partial charge in [0.1, 0.15) is 11.3 Å². The van der Waals surface area contributed by atoms with E-state index in [4.69, 9.17) is 16.3 Å². The third-order valence-corrected chi connectivity index (χ3v) is 3.69. The van der Waals surface area contributed by atoms with Crippen LogP contribution in [0, 0.1) is 10.1 Å². The number of hydrogen-bond acceptors (Lipinski definition) is 6. The van der Waals surface area contributed by atoms with E-state index >= 15 is 0 Å². The van der Waals surface area contributed by atoms with Crippen molar-refractivity contribution in [2.24, 2.45) is 0 Å². The molecule has 136 valence electrons. The van der Waals surface area contributed by atoms with E-state index in [0.29, 0.717) is 0 Å². The lowest BCUT2D eigenvalue weighted by Crippen LogP contribution is -2.34. The fraction of sp³-hybridized carbons (Fsp3) is 0.333. The second kappa shape index (κ2) is 8.30. The molecule has 0 saturated heterocycles. The molecular formula is C15H16BrClN2O6. The second-order valence-electron chi connectivity index (χ2n) is 5.73. The molecule has 0 fully saturated rings. The number of alkyl carbamates (subject to hydrolysis) is 1. The van der Waals surface area contributed by atoms with Crippen molar-refractivity contribution in [1.29, 1.82) is 0 Å². The molecule has 1 aromatic carbocycles. The lowest BCUT2D eigenvalue weighted by molar-refractivity contribution is -0.385. The summed E-state index contributed by atoms with van der Waals surface area (Å²) in [5.74, 6) is -0.924. The van der Waals surface area contributed by atoms with Gasteiger partial charge in [-0.25, -0.2) is 9.59 Å². The average molecular weight is 436 g/mol. The van der Waals surface area contributed by atoms with Gasteiger partial charge in [-0.2, -0.15) is 0 Å². The Kier molecular flexibility index (Phi) is 6.95. The fourth-order valence-electron chi connectivity index (χ4n) is 1.68. The molecule has 10 heteroatoms. The van der Waals surface area contributed by atoms with Crippen molar-refractivity contribution in [3.05, 3.63) is 44.6 Å². The molecule has 0 aliphatic rings. The summed E-state index contributed by atoms with van der Waals surface area (Å²) in [4.78, 5) is 34.5. The minimum Gasteiger partial charge on any atom is -0.464 e. The van der Waals surface area contributed by atoms with Crippen LogP contribution in [0.25, 0.3) is 4.48 Å². The number of nitrogens with one attached hydrogen (secondary N) is 1. The van der Waals surface area contributed by atoms with Crippen LogP contribution in [0.1, 0.15) is 26.3 Å². The van der Waals surface area contributed by atoms with Crippen molar-refractivity contribution in [3.63, 3.8) is 0 Å². The number of nitro groups is 1. The molecule has 0 saturated carbocycles. The first kappa shape index (κ1) is 20.9. The maximum Gasteiger partial charge on any atom is 0.412 e. The van der Waals surface area contributed by atoms with Gasteiger partial charge in [0.15, 0.2) is 0 Å². The molecular weight excluding hydrogens is 420 g/mol. The minimum atomic E-state index is -0.924. The number of hydrogen-bond donors (Lipinski definition) is 1. The van der Waals surface area contributed by atoms with Crippen LogP contribution in [-0.2, 0) is 14.3 Å². The Hall–Kier alpha value is -2.13. The van der Waals surface area contributed by atoms with Gasteiger partial charge < -0.3 is 9.47 Å². The van der Waals surface area contributed by atoms with Gasteiger partial charge in [0, 0.05) is 11.1 Å². The number of nitro benzene ring substituents is 1. The van der Waals surface area contributed by atoms with Crippen molar-refractivity contribution < 1.29 is 24.0 Å². The number of halogens is 2. The lowest BCUT2D eigenvalue weighted by atomic mass is 10.1. The number of carbonyl (C=O) groups excluding carboxylic acids is 2. The third kappa shape index (κ3) is 6.02. The van der Waals surface area contributed by atoms with Crippen LogP contribution in [0.15, 0.2) is 23.9 Å². The number of ether oxygens (including phenoxy) is 2. The molecule has 25 heavy (non-hydrogen) atoms. The Bertz CT molecular complexity index is 742. The molecule has 0 aliphatic heterocycles. The van der Waals surface area contributed by atoms with Crippen molar-refractivity contribution in [2.45, 2.75) is 26.4 Å². The monoisotopic (exact) mass is 434 g/mol. The van der Waals surface area contributed by atoms with Crippen LogP contribution in [0.5, 0.6) is 0 Å². The van der Waals surface area contributed by atoms with Gasteiger partial charge in [-0.15, -0.1) is 0 Å². The minimum absolute atomic E-state index is 0.00559. The topological polar surface area (TPSA) is 108 Å². The summed E-state index contributed by atoms with van der Waals surface area (Å²) in [6.07, 6.45) is -0.922. The van der Waals surface area contributed by atoms with Gasteiger partial charge in [0.05, 0.1) is 22.1 Å². The Balaban J connectivity index is 3.42. The molecule has 1 N–H and O–H groups in total. The van der Waals surface area contributed by atoms with Crippen LogP contribution < -0.4 is 5.32 Å². The summed E-state index contributed by atoms with van der Waals surface area (Å²) in [7, 11) is 1.10. The first-order valence-electron chi connectivity index (χ1n) is 6.88. The predicted molar refractivity (Wildman–Crippen MR) is 95.3 cm³/mol. The molecule has 0 aliphatic carbocycles. The lowest BCUT2D eigenvalue weighted by Gasteiger charge is -2.20. The molecule has 0 heterocycles. The van der Waals surface area contributed by atoms with E-state index in [1.165, 1.54) is 18.2 Å². The van der Waals surface area contributed by atoms with Crippen molar-refractivity contribution in [2.75, 3.05) is 7.11 Å². The van der Waals surface area contributed by atoms with E-state index in [2.05, 4.69) is 26.0 Å². The summed E-state index contributed by atoms with van der Waals surface area (Å²) in [6, 6.07) is 3.80. The summed E-state index contributed by atoms with van der Waals surface area (Å²) in [5.41, 5.74) is -1.49. The summed E-state index contributed by atoms with van der Waals surface area (Å²) in [5, 5.41) is 13.6. The summed E-state index contributed by atoms with van der Waals surface area (Å²) in [6.45, 7) is 4.93. The number of carbonyl (C=O) groups is 2. The number of nitrogens with zero attached hydrogens (tertiary/aromatic N) is 1. The Morgan fingerprint density at radius 1 is 1.32 bits per heavy atom. The predicted octanol–water partition coefficient (Wildman–Crippen LogP) is 4.01. The molecule has 8 nitrogen and oxygen atoms in total. The van der Waals surface area contributed by atoms with Crippen LogP contribution in [0.4, 0.5) is 10.5 Å². The van der Waals surface area contributed by atoms with Gasteiger partial charge in [-0.1, -0.05) is 11.6 Å². The van der Waals surface area contributed by atoms with Crippen molar-refractivity contribution >= 4 is 49.8 Å². The van der Waals surface area contributed by atoms with Gasteiger partial charge in [0.25, 0.3) is 5.69 Å². The zero-order chi connectivity index (χ0) is 19.4. The van der Waals surface area contributed by atoms with Gasteiger partial charge in [0.2, 0.25) is 0 Å². The largest absolute Gasteiger partial charge is 0.464 e. The first-order valence-corrected chi connectivity index (χ1v) is 8.05. The van der Waals surface area contributed by atoms with E-state index in [0.717, 1.165) is 7.11 Å². The highest BCUT2D eigenvalue weighted by atomic mass is 79.9. The number of esters is 1. The fourth-order valence-corrected chi connectivity index (χ4v) is 2.43. The Morgan fingerprint density at radius 3 is 2.40 bits per heavy atom. The Labute approximate surface area is 157 Å². The molecule has 0 bridgehead atoms. The number of methoxy groups -OCH3 is 1. The molecule has 0 spiro atoms. The molecule has 1 rings (SSSR count). The number of amides is 1. The molecule has 0 aromatic heterocycles. The zero-order valence-electron chi connectivity index (χ0n) is 13.9. The van der Waals surface area contributed by atoms with E-state index in [-0.39, 0.29) is 26.5 Å².